The highest BCUT2D eigenvalue weighted by Crippen LogP contribution is 2.03. The van der Waals surface area contributed by atoms with Crippen molar-refractivity contribution in [2.24, 2.45) is 5.73 Å². The topological polar surface area (TPSA) is 50.1 Å². The molecule has 106 valence electrons. The highest BCUT2D eigenvalue weighted by molar-refractivity contribution is 5.23. The molecule has 0 aliphatic rings. The van der Waals surface area contributed by atoms with E-state index in [2.05, 4.69) is 59.2 Å². The Hall–Kier alpha value is -1.68. The van der Waals surface area contributed by atoms with Crippen molar-refractivity contribution in [3.63, 3.8) is 0 Å². The highest BCUT2D eigenvalue weighted by Gasteiger charge is 1.95. The van der Waals surface area contributed by atoms with E-state index < -0.39 is 0 Å². The van der Waals surface area contributed by atoms with Crippen LogP contribution in [0.5, 0.6) is 0 Å². The minimum atomic E-state index is 0.604. The van der Waals surface area contributed by atoms with Gasteiger partial charge < -0.3 is 16.4 Å². The number of nitrogens with one attached hydrogen (secondary N) is 2. The Morgan fingerprint density at radius 2 is 1.30 bits per heavy atom. The van der Waals surface area contributed by atoms with Crippen molar-refractivity contribution in [3.8, 4) is 0 Å². The fourth-order valence-corrected chi connectivity index (χ4v) is 2.10. The third-order valence-electron chi connectivity index (χ3n) is 3.21. The minimum absolute atomic E-state index is 0.604. The Morgan fingerprint density at radius 3 is 2.00 bits per heavy atom. The zero-order valence-corrected chi connectivity index (χ0v) is 11.8. The minimum Gasteiger partial charge on any atom is -0.326 e. The predicted octanol–water partition coefficient (Wildman–Crippen LogP) is 2.02. The van der Waals surface area contributed by atoms with Gasteiger partial charge in [0.25, 0.3) is 0 Å². The average Bonchev–Trinajstić information content (AvgIpc) is 2.52. The average molecular weight is 269 g/mol. The second-order valence-electron chi connectivity index (χ2n) is 4.86. The molecule has 0 aromatic heterocycles. The standard InChI is InChI=1S/C17H23N3/c18-12-16-7-4-8-17(11-16)14-20-10-9-19-13-15-5-2-1-3-6-15/h1-8,11,19-20H,9-10,12-14,18H2. The maximum atomic E-state index is 5.64. The molecule has 0 fully saturated rings. The van der Waals surface area contributed by atoms with E-state index in [-0.39, 0.29) is 0 Å². The number of hydrogen-bond donors (Lipinski definition) is 3. The zero-order chi connectivity index (χ0) is 14.0. The second-order valence-corrected chi connectivity index (χ2v) is 4.86. The van der Waals surface area contributed by atoms with Crippen molar-refractivity contribution in [1.29, 1.82) is 0 Å². The van der Waals surface area contributed by atoms with Crippen molar-refractivity contribution < 1.29 is 0 Å². The van der Waals surface area contributed by atoms with Crippen molar-refractivity contribution in [3.05, 3.63) is 71.3 Å². The molecular weight excluding hydrogens is 246 g/mol. The van der Waals surface area contributed by atoms with Gasteiger partial charge in [0.05, 0.1) is 0 Å². The second kappa shape index (κ2) is 8.48. The zero-order valence-electron chi connectivity index (χ0n) is 11.8. The van der Waals surface area contributed by atoms with Crippen molar-refractivity contribution in [1.82, 2.24) is 10.6 Å². The summed E-state index contributed by atoms with van der Waals surface area (Å²) in [5.74, 6) is 0. The molecule has 0 spiro atoms. The fourth-order valence-electron chi connectivity index (χ4n) is 2.10. The molecule has 3 heteroatoms. The third kappa shape index (κ3) is 5.13. The van der Waals surface area contributed by atoms with Gasteiger partial charge in [-0.05, 0) is 16.7 Å². The third-order valence-corrected chi connectivity index (χ3v) is 3.21. The van der Waals surface area contributed by atoms with Gasteiger partial charge in [-0.3, -0.25) is 0 Å². The molecule has 2 rings (SSSR count). The summed E-state index contributed by atoms with van der Waals surface area (Å²) in [6, 6.07) is 18.9. The van der Waals surface area contributed by atoms with Crippen LogP contribution in [0.1, 0.15) is 16.7 Å². The van der Waals surface area contributed by atoms with E-state index >= 15 is 0 Å². The lowest BCUT2D eigenvalue weighted by atomic mass is 10.1. The first-order chi connectivity index (χ1) is 9.88. The van der Waals surface area contributed by atoms with Crippen LogP contribution in [0.25, 0.3) is 0 Å². The monoisotopic (exact) mass is 269 g/mol. The van der Waals surface area contributed by atoms with E-state index in [1.54, 1.807) is 0 Å². The molecule has 0 aliphatic carbocycles. The Balaban J connectivity index is 1.59. The quantitative estimate of drug-likeness (QED) is 0.643. The van der Waals surface area contributed by atoms with Crippen molar-refractivity contribution in [2.75, 3.05) is 13.1 Å². The largest absolute Gasteiger partial charge is 0.326 e. The molecule has 3 nitrogen and oxygen atoms in total. The normalized spacial score (nSPS) is 10.7. The molecule has 0 heterocycles. The molecule has 0 amide bonds. The molecular formula is C17H23N3. The van der Waals surface area contributed by atoms with Crippen molar-refractivity contribution >= 4 is 0 Å². The lowest BCUT2D eigenvalue weighted by Crippen LogP contribution is -2.26. The summed E-state index contributed by atoms with van der Waals surface area (Å²) in [6.45, 7) is 4.34. The summed E-state index contributed by atoms with van der Waals surface area (Å²) in [7, 11) is 0. The summed E-state index contributed by atoms with van der Waals surface area (Å²) < 4.78 is 0. The molecule has 20 heavy (non-hydrogen) atoms. The van der Waals surface area contributed by atoms with Gasteiger partial charge in [0.1, 0.15) is 0 Å². The van der Waals surface area contributed by atoms with Crippen molar-refractivity contribution in [2.45, 2.75) is 19.6 Å². The van der Waals surface area contributed by atoms with Gasteiger partial charge in [-0.2, -0.15) is 0 Å². The van der Waals surface area contributed by atoms with Gasteiger partial charge in [0, 0.05) is 32.7 Å². The summed E-state index contributed by atoms with van der Waals surface area (Å²) in [5, 5.41) is 6.86. The van der Waals surface area contributed by atoms with Gasteiger partial charge in [-0.25, -0.2) is 0 Å². The number of nitrogens with two attached hydrogens (primary N) is 1. The van der Waals surface area contributed by atoms with E-state index in [9.17, 15) is 0 Å². The Kier molecular flexibility index (Phi) is 6.24. The molecule has 0 unspecified atom stereocenters. The van der Waals surface area contributed by atoms with E-state index in [4.69, 9.17) is 5.73 Å². The summed E-state index contributed by atoms with van der Waals surface area (Å²) >= 11 is 0. The van der Waals surface area contributed by atoms with Crippen LogP contribution in [-0.4, -0.2) is 13.1 Å². The lowest BCUT2D eigenvalue weighted by Gasteiger charge is -2.08. The van der Waals surface area contributed by atoms with E-state index in [1.807, 2.05) is 6.07 Å². The number of rotatable bonds is 8. The van der Waals surface area contributed by atoms with Crippen LogP contribution >= 0.6 is 0 Å². The molecule has 0 radical (unpaired) electrons. The molecule has 0 bridgehead atoms. The van der Waals surface area contributed by atoms with Crippen LogP contribution in [0.3, 0.4) is 0 Å². The van der Waals surface area contributed by atoms with Gasteiger partial charge in [-0.15, -0.1) is 0 Å². The summed E-state index contributed by atoms with van der Waals surface area (Å²) in [5.41, 5.74) is 9.43. The molecule has 0 atom stereocenters. The van der Waals surface area contributed by atoms with Crippen LogP contribution in [0.15, 0.2) is 54.6 Å². The maximum Gasteiger partial charge on any atom is 0.0206 e. The van der Waals surface area contributed by atoms with E-state index in [0.29, 0.717) is 6.54 Å². The lowest BCUT2D eigenvalue weighted by molar-refractivity contribution is 0.611. The first-order valence-electron chi connectivity index (χ1n) is 7.12. The molecule has 0 aliphatic heterocycles. The number of hydrogen-bond acceptors (Lipinski definition) is 3. The molecule has 4 N–H and O–H groups in total. The first-order valence-corrected chi connectivity index (χ1v) is 7.12. The predicted molar refractivity (Wildman–Crippen MR) is 84.2 cm³/mol. The van der Waals surface area contributed by atoms with E-state index in [0.717, 1.165) is 26.2 Å². The van der Waals surface area contributed by atoms with Gasteiger partial charge in [0.15, 0.2) is 0 Å². The maximum absolute atomic E-state index is 5.64. The van der Waals surface area contributed by atoms with Gasteiger partial charge >= 0.3 is 0 Å². The molecule has 0 saturated carbocycles. The van der Waals surface area contributed by atoms with E-state index in [1.165, 1.54) is 16.7 Å². The van der Waals surface area contributed by atoms with Gasteiger partial charge in [0.2, 0.25) is 0 Å². The Morgan fingerprint density at radius 1 is 0.700 bits per heavy atom. The van der Waals surface area contributed by atoms with Crippen LogP contribution in [-0.2, 0) is 19.6 Å². The Bertz CT molecular complexity index is 497. The van der Waals surface area contributed by atoms with Crippen LogP contribution in [0.2, 0.25) is 0 Å². The first kappa shape index (κ1) is 14.7. The van der Waals surface area contributed by atoms with Gasteiger partial charge in [-0.1, -0.05) is 54.6 Å². The SMILES string of the molecule is NCc1cccc(CNCCNCc2ccccc2)c1. The molecule has 0 saturated heterocycles. The van der Waals surface area contributed by atoms with Crippen LogP contribution in [0.4, 0.5) is 0 Å². The molecule has 2 aromatic rings. The summed E-state index contributed by atoms with van der Waals surface area (Å²) in [4.78, 5) is 0. The van der Waals surface area contributed by atoms with Crippen LogP contribution in [0, 0.1) is 0 Å². The highest BCUT2D eigenvalue weighted by atomic mass is 14.9. The smallest absolute Gasteiger partial charge is 0.0206 e. The Labute approximate surface area is 121 Å². The molecule has 2 aromatic carbocycles. The number of benzene rings is 2. The fraction of sp³-hybridized carbons (Fsp3) is 0.294. The summed E-state index contributed by atoms with van der Waals surface area (Å²) in [6.07, 6.45) is 0. The van der Waals surface area contributed by atoms with Crippen LogP contribution < -0.4 is 16.4 Å².